The maximum Gasteiger partial charge on any atom is 0.387 e. The number of alkyl halides is 2. The summed E-state index contributed by atoms with van der Waals surface area (Å²) in [4.78, 5) is 9.00. The largest absolute Gasteiger partial charge is 0.490 e. The van der Waals surface area contributed by atoms with Crippen molar-refractivity contribution in [1.82, 2.24) is 20.4 Å². The molecule has 0 aliphatic carbocycles. The van der Waals surface area contributed by atoms with Crippen molar-refractivity contribution < 1.29 is 18.3 Å². The number of likely N-dealkylation sites (N-methyl/N-ethyl adjacent to an activating group) is 1. The molecule has 1 aromatic rings. The molecular formula is C20H34F2IN5O2. The first-order valence-electron chi connectivity index (χ1n) is 10.1. The van der Waals surface area contributed by atoms with Crippen LogP contribution in [0.4, 0.5) is 8.78 Å². The molecule has 1 fully saturated rings. The average molecular weight is 541 g/mol. The zero-order valence-corrected chi connectivity index (χ0v) is 20.3. The number of hydrogen-bond acceptors (Lipinski definition) is 5. The molecule has 0 bridgehead atoms. The van der Waals surface area contributed by atoms with Crippen LogP contribution in [0.25, 0.3) is 0 Å². The lowest BCUT2D eigenvalue weighted by Crippen LogP contribution is -2.42. The molecule has 1 aliphatic rings. The lowest BCUT2D eigenvalue weighted by Gasteiger charge is -2.21. The van der Waals surface area contributed by atoms with Gasteiger partial charge in [-0.25, -0.2) is 0 Å². The van der Waals surface area contributed by atoms with Gasteiger partial charge in [0.2, 0.25) is 0 Å². The van der Waals surface area contributed by atoms with E-state index in [1.54, 1.807) is 32.2 Å². The minimum absolute atomic E-state index is 0. The highest BCUT2D eigenvalue weighted by Gasteiger charge is 2.16. The fourth-order valence-electron chi connectivity index (χ4n) is 3.25. The van der Waals surface area contributed by atoms with Gasteiger partial charge < -0.3 is 29.9 Å². The number of rotatable bonds is 9. The van der Waals surface area contributed by atoms with Crippen LogP contribution in [-0.2, 0) is 6.54 Å². The third-order valence-electron chi connectivity index (χ3n) is 4.77. The summed E-state index contributed by atoms with van der Waals surface area (Å²) >= 11 is 0. The van der Waals surface area contributed by atoms with Crippen molar-refractivity contribution in [2.75, 3.05) is 60.0 Å². The van der Waals surface area contributed by atoms with Crippen molar-refractivity contribution in [3.63, 3.8) is 0 Å². The number of hydrogen-bond donors (Lipinski definition) is 2. The number of aliphatic imine (C=N–C) groups is 1. The predicted octanol–water partition coefficient (Wildman–Crippen LogP) is 2.61. The molecule has 0 unspecified atom stereocenters. The van der Waals surface area contributed by atoms with Gasteiger partial charge in [-0.2, -0.15) is 8.78 Å². The molecule has 1 saturated heterocycles. The van der Waals surface area contributed by atoms with Crippen molar-refractivity contribution in [3.8, 4) is 11.5 Å². The summed E-state index contributed by atoms with van der Waals surface area (Å²) < 4.78 is 35.8. The summed E-state index contributed by atoms with van der Waals surface area (Å²) in [7, 11) is 3.84. The molecule has 10 heteroatoms. The summed E-state index contributed by atoms with van der Waals surface area (Å²) in [6.45, 7) is 5.58. The SMILES string of the molecule is CCOc1cccc(CNC(=NC)NCCN2CCCN(C)CC2)c1OC(F)F.I. The summed E-state index contributed by atoms with van der Waals surface area (Å²) in [6, 6.07) is 5.11. The van der Waals surface area contributed by atoms with E-state index in [1.807, 2.05) is 0 Å². The molecule has 0 spiro atoms. The monoisotopic (exact) mass is 541 g/mol. The van der Waals surface area contributed by atoms with E-state index in [0.717, 1.165) is 39.3 Å². The zero-order chi connectivity index (χ0) is 21.1. The van der Waals surface area contributed by atoms with E-state index in [1.165, 1.54) is 6.42 Å². The highest BCUT2D eigenvalue weighted by molar-refractivity contribution is 14.0. The van der Waals surface area contributed by atoms with Gasteiger partial charge >= 0.3 is 6.61 Å². The van der Waals surface area contributed by atoms with Crippen LogP contribution in [-0.4, -0.2) is 82.3 Å². The molecule has 0 saturated carbocycles. The van der Waals surface area contributed by atoms with Gasteiger partial charge in [0.25, 0.3) is 0 Å². The van der Waals surface area contributed by atoms with Gasteiger partial charge in [0.15, 0.2) is 17.5 Å². The molecule has 0 aromatic heterocycles. The number of benzene rings is 1. The van der Waals surface area contributed by atoms with E-state index in [2.05, 4.69) is 32.5 Å². The molecule has 2 N–H and O–H groups in total. The Bertz CT molecular complexity index is 652. The third-order valence-corrected chi connectivity index (χ3v) is 4.77. The first kappa shape index (κ1) is 26.6. The van der Waals surface area contributed by atoms with Crippen LogP contribution in [0.5, 0.6) is 11.5 Å². The average Bonchev–Trinajstić information content (AvgIpc) is 2.90. The van der Waals surface area contributed by atoms with E-state index in [4.69, 9.17) is 9.47 Å². The first-order valence-corrected chi connectivity index (χ1v) is 10.1. The van der Waals surface area contributed by atoms with Gasteiger partial charge in [-0.05, 0) is 39.5 Å². The van der Waals surface area contributed by atoms with Gasteiger partial charge in [-0.3, -0.25) is 4.99 Å². The Labute approximate surface area is 195 Å². The molecule has 30 heavy (non-hydrogen) atoms. The van der Waals surface area contributed by atoms with E-state index >= 15 is 0 Å². The van der Waals surface area contributed by atoms with Crippen molar-refractivity contribution in [3.05, 3.63) is 23.8 Å². The van der Waals surface area contributed by atoms with Crippen molar-refractivity contribution in [1.29, 1.82) is 0 Å². The van der Waals surface area contributed by atoms with E-state index in [0.29, 0.717) is 23.9 Å². The van der Waals surface area contributed by atoms with Gasteiger partial charge in [-0.1, -0.05) is 12.1 Å². The summed E-state index contributed by atoms with van der Waals surface area (Å²) in [6.07, 6.45) is 1.17. The van der Waals surface area contributed by atoms with E-state index in [-0.39, 0.29) is 36.3 Å². The number of halogens is 3. The lowest BCUT2D eigenvalue weighted by atomic mass is 10.2. The second kappa shape index (κ2) is 14.6. The number of nitrogens with one attached hydrogen (secondary N) is 2. The topological polar surface area (TPSA) is 61.4 Å². The standard InChI is InChI=1S/C20H33F2N5O2.HI/c1-4-28-17-8-5-7-16(18(17)29-19(21)22)15-25-20(23-2)24-9-12-27-11-6-10-26(3)13-14-27;/h5,7-8,19H,4,6,9-15H2,1-3H3,(H2,23,24,25);1H. The Morgan fingerprint density at radius 3 is 2.70 bits per heavy atom. The highest BCUT2D eigenvalue weighted by atomic mass is 127. The smallest absolute Gasteiger partial charge is 0.387 e. The van der Waals surface area contributed by atoms with Crippen LogP contribution in [0.1, 0.15) is 18.9 Å². The zero-order valence-electron chi connectivity index (χ0n) is 18.0. The second-order valence-electron chi connectivity index (χ2n) is 6.91. The quantitative estimate of drug-likeness (QED) is 0.285. The molecule has 0 amide bonds. The Morgan fingerprint density at radius 1 is 1.20 bits per heavy atom. The fraction of sp³-hybridized carbons (Fsp3) is 0.650. The molecule has 1 aliphatic heterocycles. The predicted molar refractivity (Wildman–Crippen MR) is 126 cm³/mol. The van der Waals surface area contributed by atoms with Crippen molar-refractivity contribution in [2.45, 2.75) is 26.5 Å². The van der Waals surface area contributed by atoms with Gasteiger partial charge in [0.05, 0.1) is 6.61 Å². The van der Waals surface area contributed by atoms with Crippen LogP contribution >= 0.6 is 24.0 Å². The van der Waals surface area contributed by atoms with Gasteiger partial charge in [0, 0.05) is 45.3 Å². The highest BCUT2D eigenvalue weighted by Crippen LogP contribution is 2.32. The van der Waals surface area contributed by atoms with E-state index in [9.17, 15) is 8.78 Å². The number of nitrogens with zero attached hydrogens (tertiary/aromatic N) is 3. The minimum Gasteiger partial charge on any atom is -0.490 e. The Kier molecular flexibility index (Phi) is 12.9. The number of guanidine groups is 1. The van der Waals surface area contributed by atoms with Crippen LogP contribution in [0.2, 0.25) is 0 Å². The maximum absolute atomic E-state index is 12.8. The van der Waals surface area contributed by atoms with Crippen molar-refractivity contribution in [2.24, 2.45) is 4.99 Å². The molecule has 172 valence electrons. The third kappa shape index (κ3) is 9.17. The summed E-state index contributed by atoms with van der Waals surface area (Å²) in [5.74, 6) is 0.976. The van der Waals surface area contributed by atoms with Crippen LogP contribution < -0.4 is 20.1 Å². The molecular weight excluding hydrogens is 507 g/mol. The Morgan fingerprint density at radius 2 is 2.00 bits per heavy atom. The molecule has 1 aromatic carbocycles. The number of ether oxygens (including phenoxy) is 2. The lowest BCUT2D eigenvalue weighted by molar-refractivity contribution is -0.0520. The molecule has 1 heterocycles. The minimum atomic E-state index is -2.92. The molecule has 2 rings (SSSR count). The number of para-hydroxylation sites is 1. The Balaban J connectivity index is 0.00000450. The fourth-order valence-corrected chi connectivity index (χ4v) is 3.25. The summed E-state index contributed by atoms with van der Waals surface area (Å²) in [5.41, 5.74) is 0.578. The van der Waals surface area contributed by atoms with Gasteiger partial charge in [0.1, 0.15) is 0 Å². The molecule has 0 radical (unpaired) electrons. The van der Waals surface area contributed by atoms with Crippen LogP contribution in [0, 0.1) is 0 Å². The van der Waals surface area contributed by atoms with Crippen molar-refractivity contribution >= 4 is 29.9 Å². The first-order chi connectivity index (χ1) is 14.0. The molecule has 7 nitrogen and oxygen atoms in total. The van der Waals surface area contributed by atoms with Crippen LogP contribution in [0.15, 0.2) is 23.2 Å². The van der Waals surface area contributed by atoms with Crippen LogP contribution in [0.3, 0.4) is 0 Å². The molecule has 0 atom stereocenters. The van der Waals surface area contributed by atoms with E-state index < -0.39 is 6.61 Å². The summed E-state index contributed by atoms with van der Waals surface area (Å²) in [5, 5.41) is 6.44. The van der Waals surface area contributed by atoms with Gasteiger partial charge in [-0.15, -0.1) is 24.0 Å². The second-order valence-corrected chi connectivity index (χ2v) is 6.91. The normalized spacial score (nSPS) is 16.0. The maximum atomic E-state index is 12.8. The Hall–Kier alpha value is -1.40.